The van der Waals surface area contributed by atoms with E-state index in [1.165, 1.54) is 0 Å². The molecule has 1 N–H and O–H groups in total. The maximum absolute atomic E-state index is 13.9. The molecule has 2 aromatic carbocycles. The Kier molecular flexibility index (Phi) is 5.83. The van der Waals surface area contributed by atoms with Crippen LogP contribution in [0.1, 0.15) is 34.7 Å². The smallest absolute Gasteiger partial charge is 0.259 e. The lowest BCUT2D eigenvalue weighted by molar-refractivity contribution is 0.0972. The Morgan fingerprint density at radius 2 is 1.97 bits per heavy atom. The highest BCUT2D eigenvalue weighted by atomic mass is 35.5. The highest BCUT2D eigenvalue weighted by Crippen LogP contribution is 2.33. The van der Waals surface area contributed by atoms with Crippen molar-refractivity contribution in [3.05, 3.63) is 70.7 Å². The van der Waals surface area contributed by atoms with Crippen LogP contribution in [0, 0.1) is 13.8 Å². The summed E-state index contributed by atoms with van der Waals surface area (Å²) in [5, 5.41) is 13.9. The normalized spacial score (nSPS) is 16.2. The third-order valence-corrected chi connectivity index (χ3v) is 6.21. The number of fused-ring (bicyclic) bond motifs is 1. The van der Waals surface area contributed by atoms with Crippen molar-refractivity contribution in [1.82, 2.24) is 20.5 Å². The van der Waals surface area contributed by atoms with Gasteiger partial charge in [-0.1, -0.05) is 11.6 Å². The first-order chi connectivity index (χ1) is 16.0. The number of amides is 1. The highest BCUT2D eigenvalue weighted by Gasteiger charge is 2.30. The first-order valence-corrected chi connectivity index (χ1v) is 11.4. The molecule has 1 aliphatic rings. The minimum atomic E-state index is -0.0914. The van der Waals surface area contributed by atoms with Crippen molar-refractivity contribution in [2.45, 2.75) is 32.7 Å². The average molecular weight is 462 g/mol. The Morgan fingerprint density at radius 3 is 2.67 bits per heavy atom. The van der Waals surface area contributed by atoms with Gasteiger partial charge >= 0.3 is 0 Å². The number of aromatic nitrogens is 3. The van der Waals surface area contributed by atoms with Gasteiger partial charge in [-0.3, -0.25) is 9.69 Å². The first-order valence-electron chi connectivity index (χ1n) is 11.0. The summed E-state index contributed by atoms with van der Waals surface area (Å²) in [4.78, 5) is 20.4. The summed E-state index contributed by atoms with van der Waals surface area (Å²) in [6.45, 7) is 5.42. The first kappa shape index (κ1) is 21.6. The maximum Gasteiger partial charge on any atom is 0.259 e. The van der Waals surface area contributed by atoms with E-state index in [1.807, 2.05) is 42.2 Å². The molecule has 0 bridgehead atoms. The van der Waals surface area contributed by atoms with Gasteiger partial charge < -0.3 is 9.73 Å². The van der Waals surface area contributed by atoms with Gasteiger partial charge in [0.15, 0.2) is 0 Å². The number of nitrogens with zero attached hydrogens (tertiary/aromatic N) is 4. The fourth-order valence-electron chi connectivity index (χ4n) is 4.44. The van der Waals surface area contributed by atoms with Gasteiger partial charge in [0.2, 0.25) is 11.8 Å². The number of piperidine rings is 1. The lowest BCUT2D eigenvalue weighted by Crippen LogP contribution is -2.49. The number of carbonyl (C=O) groups is 1. The monoisotopic (exact) mass is 461 g/mol. The molecule has 4 aromatic rings. The zero-order chi connectivity index (χ0) is 22.9. The molecule has 33 heavy (non-hydrogen) atoms. The third kappa shape index (κ3) is 4.21. The van der Waals surface area contributed by atoms with E-state index in [9.17, 15) is 4.79 Å². The van der Waals surface area contributed by atoms with Crippen molar-refractivity contribution in [3.63, 3.8) is 0 Å². The Bertz CT molecular complexity index is 1310. The Hall–Kier alpha value is -3.29. The number of nitrogens with one attached hydrogen (secondary N) is 1. The van der Waals surface area contributed by atoms with Gasteiger partial charge in [0.05, 0.1) is 6.04 Å². The zero-order valence-electron chi connectivity index (χ0n) is 18.5. The largest absolute Gasteiger partial charge is 0.421 e. The van der Waals surface area contributed by atoms with Gasteiger partial charge in [-0.2, -0.15) is 0 Å². The Labute approximate surface area is 196 Å². The van der Waals surface area contributed by atoms with E-state index in [4.69, 9.17) is 16.0 Å². The average Bonchev–Trinajstić information content (AvgIpc) is 3.26. The molecular formula is C25H24ClN5O2. The summed E-state index contributed by atoms with van der Waals surface area (Å²) in [5.41, 5.74) is 2.34. The van der Waals surface area contributed by atoms with Crippen LogP contribution in [0.4, 0.5) is 5.82 Å². The predicted molar refractivity (Wildman–Crippen MR) is 129 cm³/mol. The molecule has 2 aromatic heterocycles. The predicted octanol–water partition coefficient (Wildman–Crippen LogP) is 4.95. The number of rotatable bonds is 4. The van der Waals surface area contributed by atoms with E-state index in [2.05, 4.69) is 20.5 Å². The van der Waals surface area contributed by atoms with E-state index in [-0.39, 0.29) is 11.9 Å². The van der Waals surface area contributed by atoms with Crippen molar-refractivity contribution < 1.29 is 9.21 Å². The molecule has 1 atom stereocenters. The van der Waals surface area contributed by atoms with Gasteiger partial charge in [-0.05, 0) is 79.7 Å². The van der Waals surface area contributed by atoms with Gasteiger partial charge in [0, 0.05) is 41.2 Å². The van der Waals surface area contributed by atoms with Crippen LogP contribution in [-0.4, -0.2) is 40.2 Å². The molecule has 0 spiro atoms. The molecule has 1 fully saturated rings. The fraction of sp³-hybridized carbons (Fsp3) is 0.280. The van der Waals surface area contributed by atoms with E-state index in [0.29, 0.717) is 28.2 Å². The second-order valence-corrected chi connectivity index (χ2v) is 8.77. The summed E-state index contributed by atoms with van der Waals surface area (Å²) in [5.74, 6) is 1.50. The zero-order valence-corrected chi connectivity index (χ0v) is 19.3. The standard InChI is InChI=1S/C25H24ClN5O2/c1-15-12-20(26)13-19-9-11-28-23(22(15)19)31(21-4-3-10-27-14-21)25(32)18-7-5-17(6-8-18)24-30-29-16(2)33-24/h5-9,11-13,21,27H,3-4,10,14H2,1-2H3. The van der Waals surface area contributed by atoms with Gasteiger partial charge in [0.1, 0.15) is 5.82 Å². The topological polar surface area (TPSA) is 84.2 Å². The number of aryl methyl sites for hydroxylation is 2. The molecule has 1 saturated heterocycles. The fourth-order valence-corrected chi connectivity index (χ4v) is 4.72. The van der Waals surface area contributed by atoms with Crippen molar-refractivity contribution in [1.29, 1.82) is 0 Å². The second kappa shape index (κ2) is 8.92. The highest BCUT2D eigenvalue weighted by molar-refractivity contribution is 6.31. The van der Waals surface area contributed by atoms with Crippen LogP contribution in [-0.2, 0) is 0 Å². The van der Waals surface area contributed by atoms with Crippen molar-refractivity contribution in [3.8, 4) is 11.5 Å². The molecule has 0 saturated carbocycles. The molecule has 0 radical (unpaired) electrons. The molecule has 0 aliphatic carbocycles. The summed E-state index contributed by atoms with van der Waals surface area (Å²) < 4.78 is 5.51. The van der Waals surface area contributed by atoms with E-state index in [1.54, 1.807) is 25.3 Å². The van der Waals surface area contributed by atoms with Gasteiger partial charge in [0.25, 0.3) is 5.91 Å². The summed E-state index contributed by atoms with van der Waals surface area (Å²) in [6.07, 6.45) is 3.65. The second-order valence-electron chi connectivity index (χ2n) is 8.33. The van der Waals surface area contributed by atoms with Crippen molar-refractivity contribution in [2.75, 3.05) is 18.0 Å². The number of anilines is 1. The lowest BCUT2D eigenvalue weighted by Gasteiger charge is -2.35. The van der Waals surface area contributed by atoms with E-state index in [0.717, 1.165) is 47.8 Å². The minimum absolute atomic E-state index is 0.00213. The maximum atomic E-state index is 13.9. The van der Waals surface area contributed by atoms with Crippen LogP contribution < -0.4 is 10.2 Å². The number of hydrogen-bond donors (Lipinski definition) is 1. The lowest BCUT2D eigenvalue weighted by atomic mass is 10.0. The molecule has 8 heteroatoms. The van der Waals surface area contributed by atoms with Crippen LogP contribution in [0.2, 0.25) is 5.02 Å². The van der Waals surface area contributed by atoms with Crippen molar-refractivity contribution in [2.24, 2.45) is 0 Å². The van der Waals surface area contributed by atoms with Crippen LogP contribution in [0.3, 0.4) is 0 Å². The molecule has 3 heterocycles. The number of benzene rings is 2. The molecular weight excluding hydrogens is 438 g/mol. The number of halogens is 1. The molecule has 168 valence electrons. The summed E-state index contributed by atoms with van der Waals surface area (Å²) >= 11 is 6.30. The van der Waals surface area contributed by atoms with Crippen LogP contribution >= 0.6 is 11.6 Å². The number of hydrogen-bond acceptors (Lipinski definition) is 6. The molecule has 5 rings (SSSR count). The molecule has 1 unspecified atom stereocenters. The van der Waals surface area contributed by atoms with Crippen molar-refractivity contribution >= 4 is 34.1 Å². The number of pyridine rings is 1. The third-order valence-electron chi connectivity index (χ3n) is 5.99. The summed E-state index contributed by atoms with van der Waals surface area (Å²) in [6, 6.07) is 13.0. The van der Waals surface area contributed by atoms with E-state index >= 15 is 0 Å². The van der Waals surface area contributed by atoms with Gasteiger partial charge in [-0.15, -0.1) is 10.2 Å². The quantitative estimate of drug-likeness (QED) is 0.462. The number of carbonyl (C=O) groups excluding carboxylic acids is 1. The van der Waals surface area contributed by atoms with Gasteiger partial charge in [-0.25, -0.2) is 4.98 Å². The minimum Gasteiger partial charge on any atom is -0.421 e. The van der Waals surface area contributed by atoms with Crippen LogP contribution in [0.15, 0.2) is 53.1 Å². The van der Waals surface area contributed by atoms with Crippen LogP contribution in [0.5, 0.6) is 0 Å². The van der Waals surface area contributed by atoms with E-state index < -0.39 is 0 Å². The van der Waals surface area contributed by atoms with Crippen LogP contribution in [0.25, 0.3) is 22.2 Å². The molecule has 7 nitrogen and oxygen atoms in total. The molecule has 1 aliphatic heterocycles. The SMILES string of the molecule is Cc1nnc(-c2ccc(C(=O)N(c3nccc4cc(Cl)cc(C)c34)C3CCCNC3)cc2)o1. The Morgan fingerprint density at radius 1 is 1.15 bits per heavy atom. The molecule has 1 amide bonds. The Balaban J connectivity index is 1.58. The summed E-state index contributed by atoms with van der Waals surface area (Å²) in [7, 11) is 0.